The van der Waals surface area contributed by atoms with Crippen molar-refractivity contribution in [2.45, 2.75) is 31.7 Å². The number of hydrogen-bond acceptors (Lipinski definition) is 3. The minimum absolute atomic E-state index is 0.591. The Hall–Kier alpha value is -0.930. The van der Waals surface area contributed by atoms with Gasteiger partial charge in [0.05, 0.1) is 0 Å². The molecule has 18 heavy (non-hydrogen) atoms. The molecule has 1 aromatic rings. The van der Waals surface area contributed by atoms with E-state index in [-0.39, 0.29) is 0 Å². The Bertz CT molecular complexity index is 359. The third-order valence-corrected chi connectivity index (χ3v) is 3.79. The number of nitrogens with zero attached hydrogens (tertiary/aromatic N) is 3. The van der Waals surface area contributed by atoms with Crippen molar-refractivity contribution in [2.24, 2.45) is 0 Å². The fourth-order valence-corrected chi connectivity index (χ4v) is 2.69. The van der Waals surface area contributed by atoms with Gasteiger partial charge in [-0.15, -0.1) is 0 Å². The Balaban J connectivity index is 1.89. The standard InChI is InChI=1S/C15H25N3/c1-17(2)10-4-6-14-9-8-13(12-16-14)15-7-5-11-18(15)3/h8-9,12,15H,4-7,10-11H2,1-3H3. The van der Waals surface area contributed by atoms with Gasteiger partial charge in [0.2, 0.25) is 0 Å². The molecule has 1 aliphatic heterocycles. The van der Waals surface area contributed by atoms with E-state index in [1.54, 1.807) is 0 Å². The van der Waals surface area contributed by atoms with Crippen molar-refractivity contribution in [1.29, 1.82) is 0 Å². The van der Waals surface area contributed by atoms with Crippen molar-refractivity contribution >= 4 is 0 Å². The molecule has 2 heterocycles. The van der Waals surface area contributed by atoms with Gasteiger partial charge in [0.25, 0.3) is 0 Å². The minimum atomic E-state index is 0.591. The minimum Gasteiger partial charge on any atom is -0.309 e. The van der Waals surface area contributed by atoms with Gasteiger partial charge in [-0.3, -0.25) is 9.88 Å². The molecule has 0 aromatic carbocycles. The van der Waals surface area contributed by atoms with Crippen molar-refractivity contribution in [2.75, 3.05) is 34.2 Å². The molecular formula is C15H25N3. The second kappa shape index (κ2) is 6.30. The summed E-state index contributed by atoms with van der Waals surface area (Å²) in [6.07, 6.45) is 6.93. The molecule has 2 rings (SSSR count). The fraction of sp³-hybridized carbons (Fsp3) is 0.667. The fourth-order valence-electron chi connectivity index (χ4n) is 2.69. The van der Waals surface area contributed by atoms with Gasteiger partial charge in [0.15, 0.2) is 0 Å². The lowest BCUT2D eigenvalue weighted by Crippen LogP contribution is -2.17. The van der Waals surface area contributed by atoms with E-state index in [1.807, 2.05) is 0 Å². The Morgan fingerprint density at radius 2 is 2.22 bits per heavy atom. The van der Waals surface area contributed by atoms with Crippen LogP contribution in [0.5, 0.6) is 0 Å². The number of likely N-dealkylation sites (tertiary alicyclic amines) is 1. The van der Waals surface area contributed by atoms with Crippen molar-refractivity contribution in [3.63, 3.8) is 0 Å². The van der Waals surface area contributed by atoms with Gasteiger partial charge < -0.3 is 4.90 Å². The SMILES string of the molecule is CN(C)CCCc1ccc(C2CCCN2C)cn1. The molecule has 1 unspecified atom stereocenters. The van der Waals surface area contributed by atoms with Crippen LogP contribution >= 0.6 is 0 Å². The Kier molecular flexibility index (Phi) is 4.72. The van der Waals surface area contributed by atoms with Crippen LogP contribution < -0.4 is 0 Å². The highest BCUT2D eigenvalue weighted by Crippen LogP contribution is 2.29. The van der Waals surface area contributed by atoms with Crippen LogP contribution in [0.1, 0.15) is 36.6 Å². The van der Waals surface area contributed by atoms with Crippen molar-refractivity contribution in [3.05, 3.63) is 29.6 Å². The molecule has 100 valence electrons. The van der Waals surface area contributed by atoms with Crippen LogP contribution in [0.25, 0.3) is 0 Å². The van der Waals surface area contributed by atoms with Gasteiger partial charge >= 0.3 is 0 Å². The van der Waals surface area contributed by atoms with Crippen molar-refractivity contribution in [3.8, 4) is 0 Å². The Labute approximate surface area is 111 Å². The largest absolute Gasteiger partial charge is 0.309 e. The first-order chi connectivity index (χ1) is 8.66. The van der Waals surface area contributed by atoms with Gasteiger partial charge in [0.1, 0.15) is 0 Å². The molecule has 1 saturated heterocycles. The number of hydrogen-bond donors (Lipinski definition) is 0. The van der Waals surface area contributed by atoms with Crippen molar-refractivity contribution in [1.82, 2.24) is 14.8 Å². The molecule has 1 aromatic heterocycles. The number of aromatic nitrogens is 1. The van der Waals surface area contributed by atoms with Crippen LogP contribution in [-0.2, 0) is 6.42 Å². The highest BCUT2D eigenvalue weighted by molar-refractivity contribution is 5.19. The summed E-state index contributed by atoms with van der Waals surface area (Å²) in [5, 5.41) is 0. The molecule has 0 N–H and O–H groups in total. The lowest BCUT2D eigenvalue weighted by Gasteiger charge is -2.19. The molecule has 0 radical (unpaired) electrons. The van der Waals surface area contributed by atoms with E-state index in [4.69, 9.17) is 0 Å². The van der Waals surface area contributed by atoms with Crippen LogP contribution in [0.4, 0.5) is 0 Å². The van der Waals surface area contributed by atoms with Crippen LogP contribution in [0.3, 0.4) is 0 Å². The zero-order valence-corrected chi connectivity index (χ0v) is 11.9. The molecule has 3 nitrogen and oxygen atoms in total. The summed E-state index contributed by atoms with van der Waals surface area (Å²) in [6.45, 7) is 2.35. The first kappa shape index (κ1) is 13.5. The molecule has 1 fully saturated rings. The monoisotopic (exact) mass is 247 g/mol. The second-order valence-electron chi connectivity index (χ2n) is 5.63. The van der Waals surface area contributed by atoms with Gasteiger partial charge in [0, 0.05) is 17.9 Å². The lowest BCUT2D eigenvalue weighted by molar-refractivity contribution is 0.317. The van der Waals surface area contributed by atoms with Gasteiger partial charge in [-0.1, -0.05) is 6.07 Å². The predicted octanol–water partition coefficient (Wildman–Crippen LogP) is 2.34. The Morgan fingerprint density at radius 1 is 1.39 bits per heavy atom. The molecule has 0 spiro atoms. The van der Waals surface area contributed by atoms with E-state index < -0.39 is 0 Å². The molecule has 0 bridgehead atoms. The highest BCUT2D eigenvalue weighted by atomic mass is 15.1. The third-order valence-electron chi connectivity index (χ3n) is 3.79. The average Bonchev–Trinajstić information content (AvgIpc) is 2.76. The maximum absolute atomic E-state index is 4.61. The summed E-state index contributed by atoms with van der Waals surface area (Å²) in [6, 6.07) is 5.06. The number of rotatable bonds is 5. The summed E-state index contributed by atoms with van der Waals surface area (Å²) >= 11 is 0. The van der Waals surface area contributed by atoms with E-state index in [0.717, 1.165) is 13.0 Å². The number of pyridine rings is 1. The molecule has 0 aliphatic carbocycles. The van der Waals surface area contributed by atoms with E-state index in [2.05, 4.69) is 54.3 Å². The molecule has 1 aliphatic rings. The average molecular weight is 247 g/mol. The van der Waals surface area contributed by atoms with Crippen LogP contribution in [-0.4, -0.2) is 49.0 Å². The molecule has 3 heteroatoms. The topological polar surface area (TPSA) is 19.4 Å². The van der Waals surface area contributed by atoms with E-state index >= 15 is 0 Å². The summed E-state index contributed by atoms with van der Waals surface area (Å²) in [7, 11) is 6.45. The summed E-state index contributed by atoms with van der Waals surface area (Å²) in [4.78, 5) is 9.27. The van der Waals surface area contributed by atoms with Gasteiger partial charge in [-0.25, -0.2) is 0 Å². The summed E-state index contributed by atoms with van der Waals surface area (Å²) in [5.74, 6) is 0. The summed E-state index contributed by atoms with van der Waals surface area (Å²) < 4.78 is 0. The highest BCUT2D eigenvalue weighted by Gasteiger charge is 2.22. The maximum Gasteiger partial charge on any atom is 0.0404 e. The lowest BCUT2D eigenvalue weighted by atomic mass is 10.1. The molecule has 1 atom stereocenters. The second-order valence-corrected chi connectivity index (χ2v) is 5.63. The first-order valence-electron chi connectivity index (χ1n) is 6.96. The van der Waals surface area contributed by atoms with E-state index in [9.17, 15) is 0 Å². The van der Waals surface area contributed by atoms with Crippen LogP contribution in [0.15, 0.2) is 18.3 Å². The van der Waals surface area contributed by atoms with Gasteiger partial charge in [-0.05, 0) is 71.5 Å². The maximum atomic E-state index is 4.61. The predicted molar refractivity (Wildman–Crippen MR) is 75.7 cm³/mol. The Morgan fingerprint density at radius 3 is 2.78 bits per heavy atom. The smallest absolute Gasteiger partial charge is 0.0404 e. The zero-order valence-electron chi connectivity index (χ0n) is 11.9. The molecule has 0 saturated carbocycles. The van der Waals surface area contributed by atoms with Gasteiger partial charge in [-0.2, -0.15) is 0 Å². The number of aryl methyl sites for hydroxylation is 1. The summed E-state index contributed by atoms with van der Waals surface area (Å²) in [5.41, 5.74) is 2.60. The first-order valence-corrected chi connectivity index (χ1v) is 6.96. The normalized spacial score (nSPS) is 20.8. The van der Waals surface area contributed by atoms with Crippen LogP contribution in [0.2, 0.25) is 0 Å². The van der Waals surface area contributed by atoms with E-state index in [0.29, 0.717) is 6.04 Å². The molecular weight excluding hydrogens is 222 g/mol. The quantitative estimate of drug-likeness (QED) is 0.796. The zero-order chi connectivity index (χ0) is 13.0. The van der Waals surface area contributed by atoms with E-state index in [1.165, 1.54) is 37.1 Å². The van der Waals surface area contributed by atoms with Crippen LogP contribution in [0, 0.1) is 0 Å². The van der Waals surface area contributed by atoms with Crippen molar-refractivity contribution < 1.29 is 0 Å². The molecule has 0 amide bonds. The third kappa shape index (κ3) is 3.53.